The predicted octanol–water partition coefficient (Wildman–Crippen LogP) is 2.35. The molecule has 8 nitrogen and oxygen atoms in total. The molecule has 0 bridgehead atoms. The van der Waals surface area contributed by atoms with Crippen LogP contribution in [0.2, 0.25) is 0 Å². The minimum atomic E-state index is -0.206. The number of carbonyl (C=O) groups is 1. The van der Waals surface area contributed by atoms with Crippen molar-refractivity contribution in [2.24, 2.45) is 7.05 Å². The second-order valence-corrected chi connectivity index (χ2v) is 7.46. The maximum atomic E-state index is 13.2. The molecule has 1 fully saturated rings. The van der Waals surface area contributed by atoms with Crippen LogP contribution in [0.3, 0.4) is 0 Å². The summed E-state index contributed by atoms with van der Waals surface area (Å²) in [4.78, 5) is 34.1. The van der Waals surface area contributed by atoms with Crippen molar-refractivity contribution in [2.45, 2.75) is 6.92 Å². The van der Waals surface area contributed by atoms with Crippen LogP contribution in [-0.4, -0.2) is 51.8 Å². The average molecular weight is 403 g/mol. The van der Waals surface area contributed by atoms with Crippen LogP contribution < -0.4 is 10.5 Å². The van der Waals surface area contributed by atoms with Crippen LogP contribution in [0.5, 0.6) is 0 Å². The standard InChI is InChI=1S/C22H21N5O3/c1-14-23-20-17(8-5-9-18(20)30-14)26-10-12-27(13-11-26)22(29)19-15-6-3-4-7-16(15)21(28)25(2)24-19/h3-9H,10-13H2,1-2H3. The third-order valence-electron chi connectivity index (χ3n) is 5.57. The van der Waals surface area contributed by atoms with Crippen LogP contribution in [0.4, 0.5) is 5.69 Å². The Balaban J connectivity index is 1.41. The lowest BCUT2D eigenvalue weighted by atomic mass is 10.1. The van der Waals surface area contributed by atoms with Gasteiger partial charge in [0, 0.05) is 45.5 Å². The van der Waals surface area contributed by atoms with Gasteiger partial charge in [0.1, 0.15) is 5.52 Å². The molecule has 2 aromatic heterocycles. The van der Waals surface area contributed by atoms with Crippen molar-refractivity contribution in [1.82, 2.24) is 19.7 Å². The Morgan fingerprint density at radius 3 is 2.50 bits per heavy atom. The third kappa shape index (κ3) is 2.92. The Kier molecular flexibility index (Phi) is 4.27. The Labute approximate surface area is 172 Å². The number of nitrogens with zero attached hydrogens (tertiary/aromatic N) is 5. The highest BCUT2D eigenvalue weighted by Crippen LogP contribution is 2.28. The van der Waals surface area contributed by atoms with E-state index in [0.717, 1.165) is 16.8 Å². The number of hydrogen-bond donors (Lipinski definition) is 0. The highest BCUT2D eigenvalue weighted by atomic mass is 16.3. The van der Waals surface area contributed by atoms with Crippen molar-refractivity contribution in [3.63, 3.8) is 0 Å². The molecule has 8 heteroatoms. The van der Waals surface area contributed by atoms with Gasteiger partial charge >= 0.3 is 0 Å². The largest absolute Gasteiger partial charge is 0.441 e. The van der Waals surface area contributed by atoms with E-state index in [4.69, 9.17) is 4.42 Å². The van der Waals surface area contributed by atoms with Gasteiger partial charge in [0.15, 0.2) is 17.2 Å². The van der Waals surface area contributed by atoms with E-state index in [9.17, 15) is 9.59 Å². The van der Waals surface area contributed by atoms with E-state index in [-0.39, 0.29) is 11.5 Å². The molecule has 1 aliphatic heterocycles. The molecule has 0 saturated carbocycles. The Bertz CT molecular complexity index is 1330. The molecule has 5 rings (SSSR count). The molecule has 3 heterocycles. The molecule has 0 spiro atoms. The van der Waals surface area contributed by atoms with Gasteiger partial charge in [-0.1, -0.05) is 24.3 Å². The van der Waals surface area contributed by atoms with Crippen molar-refractivity contribution in [3.05, 3.63) is 64.4 Å². The van der Waals surface area contributed by atoms with Crippen molar-refractivity contribution in [3.8, 4) is 0 Å². The maximum Gasteiger partial charge on any atom is 0.275 e. The molecule has 2 aromatic carbocycles. The topological polar surface area (TPSA) is 84.5 Å². The van der Waals surface area contributed by atoms with E-state index >= 15 is 0 Å². The summed E-state index contributed by atoms with van der Waals surface area (Å²) in [5, 5.41) is 5.37. The first kappa shape index (κ1) is 18.4. The average Bonchev–Trinajstić information content (AvgIpc) is 3.16. The van der Waals surface area contributed by atoms with Crippen LogP contribution in [0.1, 0.15) is 16.4 Å². The van der Waals surface area contributed by atoms with Gasteiger partial charge in [-0.2, -0.15) is 5.10 Å². The quantitative estimate of drug-likeness (QED) is 0.511. The normalized spacial score (nSPS) is 14.6. The zero-order valence-electron chi connectivity index (χ0n) is 16.8. The van der Waals surface area contributed by atoms with Crippen molar-refractivity contribution < 1.29 is 9.21 Å². The summed E-state index contributed by atoms with van der Waals surface area (Å²) >= 11 is 0. The number of rotatable bonds is 2. The minimum Gasteiger partial charge on any atom is -0.441 e. The molecule has 0 atom stereocenters. The molecular formula is C22H21N5O3. The number of oxazole rings is 1. The van der Waals surface area contributed by atoms with E-state index in [1.54, 1.807) is 30.1 Å². The van der Waals surface area contributed by atoms with Gasteiger partial charge in [-0.15, -0.1) is 0 Å². The molecule has 30 heavy (non-hydrogen) atoms. The summed E-state index contributed by atoms with van der Waals surface area (Å²) in [5.74, 6) is 0.482. The number of amides is 1. The summed E-state index contributed by atoms with van der Waals surface area (Å²) in [7, 11) is 1.57. The molecular weight excluding hydrogens is 382 g/mol. The van der Waals surface area contributed by atoms with Crippen LogP contribution in [0.25, 0.3) is 21.9 Å². The van der Waals surface area contributed by atoms with E-state index in [1.165, 1.54) is 4.68 Å². The van der Waals surface area contributed by atoms with Crippen LogP contribution in [0.15, 0.2) is 51.7 Å². The Morgan fingerprint density at radius 1 is 1.00 bits per heavy atom. The zero-order chi connectivity index (χ0) is 20.8. The number of hydrogen-bond acceptors (Lipinski definition) is 6. The van der Waals surface area contributed by atoms with Gasteiger partial charge in [-0.05, 0) is 18.2 Å². The molecule has 152 valence electrons. The summed E-state index contributed by atoms with van der Waals surface area (Å²) in [6, 6.07) is 13.0. The second kappa shape index (κ2) is 6.98. The monoisotopic (exact) mass is 403 g/mol. The first-order valence-electron chi connectivity index (χ1n) is 9.89. The van der Waals surface area contributed by atoms with Crippen LogP contribution in [-0.2, 0) is 7.05 Å². The number of para-hydroxylation sites is 1. The maximum absolute atomic E-state index is 13.2. The van der Waals surface area contributed by atoms with E-state index < -0.39 is 0 Å². The van der Waals surface area contributed by atoms with Crippen molar-refractivity contribution in [2.75, 3.05) is 31.1 Å². The second-order valence-electron chi connectivity index (χ2n) is 7.46. The Hall–Kier alpha value is -3.68. The third-order valence-corrected chi connectivity index (χ3v) is 5.57. The fourth-order valence-electron chi connectivity index (χ4n) is 4.06. The number of fused-ring (bicyclic) bond motifs is 2. The fourth-order valence-corrected chi connectivity index (χ4v) is 4.06. The van der Waals surface area contributed by atoms with Crippen molar-refractivity contribution >= 4 is 33.5 Å². The summed E-state index contributed by atoms with van der Waals surface area (Å²) < 4.78 is 6.88. The number of aryl methyl sites for hydroxylation is 2. The highest BCUT2D eigenvalue weighted by Gasteiger charge is 2.26. The predicted molar refractivity (Wildman–Crippen MR) is 114 cm³/mol. The summed E-state index contributed by atoms with van der Waals surface area (Å²) in [6.45, 7) is 4.32. The van der Waals surface area contributed by atoms with Gasteiger partial charge in [0.05, 0.1) is 11.1 Å². The SMILES string of the molecule is Cc1nc2c(N3CCN(C(=O)c4nn(C)c(=O)c5ccccc45)CC3)cccc2o1. The van der Waals surface area contributed by atoms with Gasteiger partial charge in [0.25, 0.3) is 11.5 Å². The molecule has 0 aliphatic carbocycles. The van der Waals surface area contributed by atoms with Gasteiger partial charge < -0.3 is 14.2 Å². The van der Waals surface area contributed by atoms with E-state index in [1.807, 2.05) is 31.2 Å². The van der Waals surface area contributed by atoms with E-state index in [0.29, 0.717) is 48.5 Å². The minimum absolute atomic E-state index is 0.156. The van der Waals surface area contributed by atoms with Crippen LogP contribution >= 0.6 is 0 Å². The summed E-state index contributed by atoms with van der Waals surface area (Å²) in [5.41, 5.74) is 2.74. The highest BCUT2D eigenvalue weighted by molar-refractivity contribution is 6.04. The lowest BCUT2D eigenvalue weighted by Gasteiger charge is -2.36. The van der Waals surface area contributed by atoms with Crippen LogP contribution in [0, 0.1) is 6.92 Å². The number of aromatic nitrogens is 3. The lowest BCUT2D eigenvalue weighted by molar-refractivity contribution is 0.0740. The fraction of sp³-hybridized carbons (Fsp3) is 0.273. The zero-order valence-corrected chi connectivity index (χ0v) is 16.8. The molecule has 0 N–H and O–H groups in total. The smallest absolute Gasteiger partial charge is 0.275 e. The van der Waals surface area contributed by atoms with Gasteiger partial charge in [-0.25, -0.2) is 9.67 Å². The first-order chi connectivity index (χ1) is 14.5. The molecule has 1 saturated heterocycles. The molecule has 4 aromatic rings. The van der Waals surface area contributed by atoms with Crippen molar-refractivity contribution in [1.29, 1.82) is 0 Å². The molecule has 1 amide bonds. The molecule has 0 radical (unpaired) electrons. The van der Waals surface area contributed by atoms with Gasteiger partial charge in [0.2, 0.25) is 0 Å². The Morgan fingerprint density at radius 2 is 1.73 bits per heavy atom. The number of benzene rings is 2. The number of piperazine rings is 1. The number of carbonyl (C=O) groups excluding carboxylic acids is 1. The van der Waals surface area contributed by atoms with Gasteiger partial charge in [-0.3, -0.25) is 9.59 Å². The molecule has 1 aliphatic rings. The van der Waals surface area contributed by atoms with E-state index in [2.05, 4.69) is 15.0 Å². The first-order valence-corrected chi connectivity index (χ1v) is 9.89. The number of anilines is 1. The molecule has 0 unspecified atom stereocenters. The summed E-state index contributed by atoms with van der Waals surface area (Å²) in [6.07, 6.45) is 0. The lowest BCUT2D eigenvalue weighted by Crippen LogP contribution is -2.49.